The third-order valence-corrected chi connectivity index (χ3v) is 6.65. The minimum Gasteiger partial charge on any atom is -0.340 e. The number of thiophene rings is 1. The van der Waals surface area contributed by atoms with Crippen LogP contribution in [0.25, 0.3) is 21.6 Å². The Morgan fingerprint density at radius 3 is 2.47 bits per heavy atom. The molecule has 6 nitrogen and oxygen atoms in total. The van der Waals surface area contributed by atoms with E-state index in [1.807, 2.05) is 12.1 Å². The monoisotopic (exact) mass is 416 g/mol. The fraction of sp³-hybridized carbons (Fsp3) is 0.217. The van der Waals surface area contributed by atoms with Gasteiger partial charge in [-0.05, 0) is 62.4 Å². The number of nitrogens with zero attached hydrogens (tertiary/aromatic N) is 3. The summed E-state index contributed by atoms with van der Waals surface area (Å²) >= 11 is 1.74. The first-order valence-corrected chi connectivity index (χ1v) is 10.8. The van der Waals surface area contributed by atoms with Crippen LogP contribution in [0.2, 0.25) is 0 Å². The van der Waals surface area contributed by atoms with Gasteiger partial charge in [0, 0.05) is 28.3 Å². The first-order valence-electron chi connectivity index (χ1n) is 9.99. The van der Waals surface area contributed by atoms with Crippen LogP contribution in [-0.4, -0.2) is 14.9 Å². The fourth-order valence-electron chi connectivity index (χ4n) is 3.88. The standard InChI is InChI=1S/C23H20N4O2S/c1-14-6-10-16(11-7-14)24-22-20-18-4-2-3-5-19(18)30-23(20)26-21(25-22)15-8-12-17(13-9-15)27(28)29/h6-13H,2-5H2,1H3,(H,24,25,26). The lowest BCUT2D eigenvalue weighted by Crippen LogP contribution is -2.02. The zero-order valence-electron chi connectivity index (χ0n) is 16.5. The molecule has 0 bridgehead atoms. The number of nitro groups is 1. The van der Waals surface area contributed by atoms with E-state index in [0.29, 0.717) is 5.82 Å². The molecule has 0 amide bonds. The van der Waals surface area contributed by atoms with Gasteiger partial charge in [0.05, 0.1) is 10.3 Å². The van der Waals surface area contributed by atoms with E-state index < -0.39 is 4.92 Å². The third kappa shape index (κ3) is 3.41. The molecule has 1 aliphatic carbocycles. The van der Waals surface area contributed by atoms with Crippen LogP contribution >= 0.6 is 11.3 Å². The predicted molar refractivity (Wildman–Crippen MR) is 121 cm³/mol. The van der Waals surface area contributed by atoms with Crippen molar-refractivity contribution in [1.82, 2.24) is 9.97 Å². The van der Waals surface area contributed by atoms with Crippen molar-refractivity contribution in [3.63, 3.8) is 0 Å². The molecule has 0 aliphatic heterocycles. The van der Waals surface area contributed by atoms with Crippen molar-refractivity contribution in [3.8, 4) is 11.4 Å². The first-order chi connectivity index (χ1) is 14.6. The summed E-state index contributed by atoms with van der Waals surface area (Å²) in [4.78, 5) is 22.7. The first kappa shape index (κ1) is 18.7. The van der Waals surface area contributed by atoms with Gasteiger partial charge in [-0.3, -0.25) is 10.1 Å². The third-order valence-electron chi connectivity index (χ3n) is 5.47. The summed E-state index contributed by atoms with van der Waals surface area (Å²) in [6.45, 7) is 2.06. The lowest BCUT2D eigenvalue weighted by Gasteiger charge is -2.13. The van der Waals surface area contributed by atoms with Gasteiger partial charge < -0.3 is 5.32 Å². The quantitative estimate of drug-likeness (QED) is 0.316. The normalized spacial score (nSPS) is 13.2. The maximum Gasteiger partial charge on any atom is 0.269 e. The van der Waals surface area contributed by atoms with Crippen molar-refractivity contribution < 1.29 is 4.92 Å². The molecule has 0 radical (unpaired) electrons. The van der Waals surface area contributed by atoms with Crippen LogP contribution in [0.5, 0.6) is 0 Å². The summed E-state index contributed by atoms with van der Waals surface area (Å²) < 4.78 is 0. The van der Waals surface area contributed by atoms with Crippen molar-refractivity contribution >= 4 is 38.7 Å². The van der Waals surface area contributed by atoms with Crippen LogP contribution in [0.1, 0.15) is 28.8 Å². The molecule has 0 unspecified atom stereocenters. The van der Waals surface area contributed by atoms with Gasteiger partial charge in [0.2, 0.25) is 0 Å². The number of aromatic nitrogens is 2. The van der Waals surface area contributed by atoms with Gasteiger partial charge in [0.15, 0.2) is 5.82 Å². The highest BCUT2D eigenvalue weighted by molar-refractivity contribution is 7.19. The van der Waals surface area contributed by atoms with Gasteiger partial charge in [-0.1, -0.05) is 17.7 Å². The second-order valence-corrected chi connectivity index (χ2v) is 8.67. The zero-order valence-corrected chi connectivity index (χ0v) is 17.3. The largest absolute Gasteiger partial charge is 0.340 e. The number of nitro benzene ring substituents is 1. The van der Waals surface area contributed by atoms with Gasteiger partial charge >= 0.3 is 0 Å². The summed E-state index contributed by atoms with van der Waals surface area (Å²) in [6, 6.07) is 14.7. The minimum atomic E-state index is -0.397. The smallest absolute Gasteiger partial charge is 0.269 e. The van der Waals surface area contributed by atoms with E-state index in [2.05, 4.69) is 24.4 Å². The van der Waals surface area contributed by atoms with Crippen LogP contribution in [0.3, 0.4) is 0 Å². The molecule has 2 aromatic carbocycles. The molecule has 0 spiro atoms. The van der Waals surface area contributed by atoms with E-state index in [-0.39, 0.29) is 5.69 Å². The topological polar surface area (TPSA) is 81.0 Å². The van der Waals surface area contributed by atoms with E-state index in [9.17, 15) is 10.1 Å². The Balaban J connectivity index is 1.65. The molecule has 1 N–H and O–H groups in total. The molecule has 0 saturated heterocycles. The molecule has 5 rings (SSSR count). The Morgan fingerprint density at radius 2 is 1.73 bits per heavy atom. The summed E-state index contributed by atoms with van der Waals surface area (Å²) in [6.07, 6.45) is 4.54. The number of non-ortho nitro benzene ring substituents is 1. The highest BCUT2D eigenvalue weighted by Gasteiger charge is 2.22. The molecule has 150 valence electrons. The van der Waals surface area contributed by atoms with Gasteiger partial charge in [-0.2, -0.15) is 0 Å². The maximum absolute atomic E-state index is 11.0. The predicted octanol–water partition coefficient (Wildman–Crippen LogP) is 6.20. The van der Waals surface area contributed by atoms with Gasteiger partial charge in [0.25, 0.3) is 5.69 Å². The van der Waals surface area contributed by atoms with Crippen molar-refractivity contribution in [3.05, 3.63) is 74.6 Å². The van der Waals surface area contributed by atoms with E-state index in [1.165, 1.54) is 41.0 Å². The summed E-state index contributed by atoms with van der Waals surface area (Å²) in [7, 11) is 0. The summed E-state index contributed by atoms with van der Waals surface area (Å²) in [5, 5.41) is 15.6. The SMILES string of the molecule is Cc1ccc(Nc2nc(-c3ccc([N+](=O)[O-])cc3)nc3sc4c(c23)CCCC4)cc1. The number of anilines is 2. The molecular weight excluding hydrogens is 396 g/mol. The number of hydrogen-bond acceptors (Lipinski definition) is 6. The van der Waals surface area contributed by atoms with E-state index in [4.69, 9.17) is 9.97 Å². The van der Waals surface area contributed by atoms with Crippen LogP contribution in [0.15, 0.2) is 48.5 Å². The summed E-state index contributed by atoms with van der Waals surface area (Å²) in [5.41, 5.74) is 4.37. The van der Waals surface area contributed by atoms with Crippen molar-refractivity contribution in [1.29, 1.82) is 0 Å². The molecule has 4 aromatic rings. The number of benzene rings is 2. The Morgan fingerprint density at radius 1 is 1.00 bits per heavy atom. The van der Waals surface area contributed by atoms with Gasteiger partial charge in [-0.25, -0.2) is 9.97 Å². The molecule has 0 fully saturated rings. The van der Waals surface area contributed by atoms with Crippen LogP contribution in [-0.2, 0) is 12.8 Å². The molecule has 7 heteroatoms. The van der Waals surface area contributed by atoms with E-state index in [0.717, 1.165) is 40.1 Å². The second kappa shape index (κ2) is 7.50. The molecule has 0 atom stereocenters. The Bertz CT molecular complexity index is 1250. The van der Waals surface area contributed by atoms with Gasteiger partial charge in [-0.15, -0.1) is 11.3 Å². The van der Waals surface area contributed by atoms with Crippen LogP contribution in [0, 0.1) is 17.0 Å². The Labute approximate surface area is 177 Å². The fourth-order valence-corrected chi connectivity index (χ4v) is 5.14. The van der Waals surface area contributed by atoms with E-state index in [1.54, 1.807) is 23.5 Å². The highest BCUT2D eigenvalue weighted by Crippen LogP contribution is 2.40. The van der Waals surface area contributed by atoms with Crippen LogP contribution < -0.4 is 5.32 Å². The van der Waals surface area contributed by atoms with Crippen molar-refractivity contribution in [2.75, 3.05) is 5.32 Å². The number of nitrogens with one attached hydrogen (secondary N) is 1. The van der Waals surface area contributed by atoms with Gasteiger partial charge in [0.1, 0.15) is 10.6 Å². The number of fused-ring (bicyclic) bond motifs is 3. The molecule has 1 aliphatic rings. The molecule has 0 saturated carbocycles. The molecule has 2 heterocycles. The molecule has 2 aromatic heterocycles. The number of aryl methyl sites for hydroxylation is 3. The summed E-state index contributed by atoms with van der Waals surface area (Å²) in [5.74, 6) is 1.38. The van der Waals surface area contributed by atoms with Crippen LogP contribution in [0.4, 0.5) is 17.2 Å². The average Bonchev–Trinajstić information content (AvgIpc) is 3.14. The van der Waals surface area contributed by atoms with Crippen molar-refractivity contribution in [2.24, 2.45) is 0 Å². The second-order valence-electron chi connectivity index (χ2n) is 7.58. The zero-order chi connectivity index (χ0) is 20.7. The number of hydrogen-bond donors (Lipinski definition) is 1. The minimum absolute atomic E-state index is 0.0596. The lowest BCUT2D eigenvalue weighted by atomic mass is 9.97. The Kier molecular flexibility index (Phi) is 4.67. The lowest BCUT2D eigenvalue weighted by molar-refractivity contribution is -0.384. The number of rotatable bonds is 4. The maximum atomic E-state index is 11.0. The molecule has 30 heavy (non-hydrogen) atoms. The van der Waals surface area contributed by atoms with E-state index >= 15 is 0 Å². The average molecular weight is 417 g/mol. The van der Waals surface area contributed by atoms with Crippen molar-refractivity contribution in [2.45, 2.75) is 32.6 Å². The highest BCUT2D eigenvalue weighted by atomic mass is 32.1. The molecular formula is C23H20N4O2S. The Hall–Kier alpha value is -3.32.